The molecule has 24 heavy (non-hydrogen) atoms. The summed E-state index contributed by atoms with van der Waals surface area (Å²) in [6.45, 7) is 1.60. The Morgan fingerprint density at radius 3 is 2.25 bits per heavy atom. The minimum absolute atomic E-state index is 0.110. The molecule has 126 valence electrons. The largest absolute Gasteiger partial charge is 0.385 e. The summed E-state index contributed by atoms with van der Waals surface area (Å²) in [5.74, 6) is -0.552. The Morgan fingerprint density at radius 1 is 1.04 bits per heavy atom. The highest BCUT2D eigenvalue weighted by atomic mass is 16.3. The van der Waals surface area contributed by atoms with E-state index in [4.69, 9.17) is 0 Å². The van der Waals surface area contributed by atoms with Crippen molar-refractivity contribution >= 4 is 17.5 Å². The van der Waals surface area contributed by atoms with Gasteiger partial charge >= 0.3 is 0 Å². The second-order valence-electron chi connectivity index (χ2n) is 6.11. The molecule has 0 spiro atoms. The highest BCUT2D eigenvalue weighted by molar-refractivity contribution is 6.03. The van der Waals surface area contributed by atoms with Crippen molar-refractivity contribution in [2.75, 3.05) is 19.4 Å². The molecule has 0 fully saturated rings. The van der Waals surface area contributed by atoms with Crippen LogP contribution in [0, 0.1) is 0 Å². The number of amides is 2. The third-order valence-corrected chi connectivity index (χ3v) is 3.74. The van der Waals surface area contributed by atoms with Gasteiger partial charge in [-0.05, 0) is 24.6 Å². The zero-order chi connectivity index (χ0) is 17.7. The first-order chi connectivity index (χ1) is 11.3. The molecular formula is C19H22N2O3. The first-order valence-corrected chi connectivity index (χ1v) is 7.70. The first kappa shape index (κ1) is 17.7. The van der Waals surface area contributed by atoms with Crippen LogP contribution in [0.5, 0.6) is 0 Å². The van der Waals surface area contributed by atoms with Crippen LogP contribution in [0.2, 0.25) is 0 Å². The Bertz CT molecular complexity index is 724. The van der Waals surface area contributed by atoms with Crippen molar-refractivity contribution in [2.45, 2.75) is 18.9 Å². The van der Waals surface area contributed by atoms with Crippen molar-refractivity contribution in [1.82, 2.24) is 4.90 Å². The lowest BCUT2D eigenvalue weighted by atomic mass is 9.92. The Kier molecular flexibility index (Phi) is 5.36. The minimum Gasteiger partial charge on any atom is -0.385 e. The van der Waals surface area contributed by atoms with E-state index >= 15 is 0 Å². The number of para-hydroxylation sites is 1. The quantitative estimate of drug-likeness (QED) is 0.887. The minimum atomic E-state index is -1.29. The smallest absolute Gasteiger partial charge is 0.255 e. The van der Waals surface area contributed by atoms with Gasteiger partial charge in [0.05, 0.1) is 23.3 Å². The Labute approximate surface area is 141 Å². The van der Waals surface area contributed by atoms with Crippen LogP contribution in [0.25, 0.3) is 0 Å². The summed E-state index contributed by atoms with van der Waals surface area (Å²) in [7, 11) is 3.31. The molecule has 0 heterocycles. The van der Waals surface area contributed by atoms with Crippen LogP contribution >= 0.6 is 0 Å². The highest BCUT2D eigenvalue weighted by Gasteiger charge is 2.27. The van der Waals surface area contributed by atoms with E-state index in [1.807, 2.05) is 18.2 Å². The number of carbonyl (C=O) groups excluding carboxylic acids is 2. The molecule has 0 saturated carbocycles. The topological polar surface area (TPSA) is 69.6 Å². The van der Waals surface area contributed by atoms with E-state index in [-0.39, 0.29) is 18.2 Å². The zero-order valence-corrected chi connectivity index (χ0v) is 14.1. The Balaban J connectivity index is 2.15. The molecule has 2 amide bonds. The van der Waals surface area contributed by atoms with E-state index in [1.165, 1.54) is 4.90 Å². The number of nitrogens with one attached hydrogen (secondary N) is 1. The van der Waals surface area contributed by atoms with E-state index < -0.39 is 5.60 Å². The van der Waals surface area contributed by atoms with E-state index in [1.54, 1.807) is 57.4 Å². The number of hydrogen-bond donors (Lipinski definition) is 2. The summed E-state index contributed by atoms with van der Waals surface area (Å²) in [6, 6.07) is 15.8. The van der Waals surface area contributed by atoms with Crippen molar-refractivity contribution in [3.63, 3.8) is 0 Å². The molecule has 0 unspecified atom stereocenters. The molecule has 0 aliphatic heterocycles. The third kappa shape index (κ3) is 4.20. The van der Waals surface area contributed by atoms with Crippen molar-refractivity contribution in [1.29, 1.82) is 0 Å². The monoisotopic (exact) mass is 326 g/mol. The van der Waals surface area contributed by atoms with E-state index in [2.05, 4.69) is 5.32 Å². The second-order valence-corrected chi connectivity index (χ2v) is 6.11. The third-order valence-electron chi connectivity index (χ3n) is 3.74. The van der Waals surface area contributed by atoms with Crippen molar-refractivity contribution in [2.24, 2.45) is 0 Å². The first-order valence-electron chi connectivity index (χ1n) is 7.70. The molecule has 5 heteroatoms. The van der Waals surface area contributed by atoms with Gasteiger partial charge in [-0.1, -0.05) is 42.5 Å². The normalized spacial score (nSPS) is 13.0. The van der Waals surface area contributed by atoms with E-state index in [9.17, 15) is 14.7 Å². The van der Waals surface area contributed by atoms with Gasteiger partial charge in [0.1, 0.15) is 0 Å². The Hall–Kier alpha value is -2.66. The Morgan fingerprint density at radius 2 is 1.62 bits per heavy atom. The molecule has 2 aromatic rings. The number of benzene rings is 2. The summed E-state index contributed by atoms with van der Waals surface area (Å²) < 4.78 is 0. The summed E-state index contributed by atoms with van der Waals surface area (Å²) in [5, 5.41) is 13.3. The van der Waals surface area contributed by atoms with Crippen LogP contribution in [0.1, 0.15) is 29.3 Å². The average molecular weight is 326 g/mol. The van der Waals surface area contributed by atoms with Gasteiger partial charge < -0.3 is 15.3 Å². The molecule has 2 N–H and O–H groups in total. The van der Waals surface area contributed by atoms with Gasteiger partial charge in [-0.3, -0.25) is 9.59 Å². The molecule has 0 aliphatic rings. The summed E-state index contributed by atoms with van der Waals surface area (Å²) in [5.41, 5.74) is 0.226. The van der Waals surface area contributed by atoms with Crippen LogP contribution < -0.4 is 5.32 Å². The maximum absolute atomic E-state index is 12.4. The van der Waals surface area contributed by atoms with E-state index in [0.717, 1.165) is 0 Å². The van der Waals surface area contributed by atoms with E-state index in [0.29, 0.717) is 16.8 Å². The maximum Gasteiger partial charge on any atom is 0.255 e. The zero-order valence-electron chi connectivity index (χ0n) is 14.1. The predicted molar refractivity (Wildman–Crippen MR) is 93.7 cm³/mol. The lowest BCUT2D eigenvalue weighted by Gasteiger charge is -2.23. The standard InChI is InChI=1S/C19H22N2O3/c1-19(24,14-9-5-4-6-10-14)13-17(22)20-16-12-8-7-11-15(16)18(23)21(2)3/h4-12,24H,13H2,1-3H3,(H,20,22)/t19-/m0/s1. The molecule has 0 bridgehead atoms. The summed E-state index contributed by atoms with van der Waals surface area (Å²) in [6.07, 6.45) is -0.110. The van der Waals surface area contributed by atoms with Gasteiger partial charge in [0.15, 0.2) is 0 Å². The molecule has 1 atom stereocenters. The maximum atomic E-state index is 12.4. The van der Waals surface area contributed by atoms with Crippen LogP contribution in [0.4, 0.5) is 5.69 Å². The van der Waals surface area contributed by atoms with Crippen molar-refractivity contribution in [3.05, 3.63) is 65.7 Å². The molecule has 0 radical (unpaired) electrons. The van der Waals surface area contributed by atoms with Crippen LogP contribution in [-0.4, -0.2) is 35.9 Å². The van der Waals surface area contributed by atoms with Crippen molar-refractivity contribution < 1.29 is 14.7 Å². The fourth-order valence-electron chi connectivity index (χ4n) is 2.43. The molecular weight excluding hydrogens is 304 g/mol. The van der Waals surface area contributed by atoms with Gasteiger partial charge in [0, 0.05) is 14.1 Å². The molecule has 2 rings (SSSR count). The van der Waals surface area contributed by atoms with Gasteiger partial charge in [-0.2, -0.15) is 0 Å². The van der Waals surface area contributed by atoms with Crippen molar-refractivity contribution in [3.8, 4) is 0 Å². The number of rotatable bonds is 5. The number of carbonyl (C=O) groups is 2. The van der Waals surface area contributed by atoms with Crippen LogP contribution in [0.3, 0.4) is 0 Å². The molecule has 5 nitrogen and oxygen atoms in total. The molecule has 2 aromatic carbocycles. The fourth-order valence-corrected chi connectivity index (χ4v) is 2.43. The van der Waals surface area contributed by atoms with Crippen LogP contribution in [0.15, 0.2) is 54.6 Å². The van der Waals surface area contributed by atoms with Gasteiger partial charge in [0.2, 0.25) is 5.91 Å². The lowest BCUT2D eigenvalue weighted by Crippen LogP contribution is -2.29. The van der Waals surface area contributed by atoms with Gasteiger partial charge in [-0.15, -0.1) is 0 Å². The number of anilines is 1. The molecule has 0 aliphatic carbocycles. The molecule has 0 saturated heterocycles. The fraction of sp³-hybridized carbons (Fsp3) is 0.263. The predicted octanol–water partition coefficient (Wildman–Crippen LogP) is 2.62. The average Bonchev–Trinajstić information content (AvgIpc) is 2.55. The SMILES string of the molecule is CN(C)C(=O)c1ccccc1NC(=O)C[C@](C)(O)c1ccccc1. The number of aliphatic hydroxyl groups is 1. The van der Waals surface area contributed by atoms with Gasteiger partial charge in [0.25, 0.3) is 5.91 Å². The number of nitrogens with zero attached hydrogens (tertiary/aromatic N) is 1. The second kappa shape index (κ2) is 7.27. The van der Waals surface area contributed by atoms with Crippen LogP contribution in [-0.2, 0) is 10.4 Å². The highest BCUT2D eigenvalue weighted by Crippen LogP contribution is 2.25. The lowest BCUT2D eigenvalue weighted by molar-refractivity contribution is -0.120. The molecule has 0 aromatic heterocycles. The number of hydrogen-bond acceptors (Lipinski definition) is 3. The summed E-state index contributed by atoms with van der Waals surface area (Å²) in [4.78, 5) is 26.0. The summed E-state index contributed by atoms with van der Waals surface area (Å²) >= 11 is 0. The van der Waals surface area contributed by atoms with Gasteiger partial charge in [-0.25, -0.2) is 0 Å².